The maximum atomic E-state index is 12.3. The Morgan fingerprint density at radius 2 is 2.10 bits per heavy atom. The number of aromatic nitrogens is 3. The van der Waals surface area contributed by atoms with Crippen LogP contribution < -0.4 is 5.32 Å². The van der Waals surface area contributed by atoms with E-state index >= 15 is 0 Å². The lowest BCUT2D eigenvalue weighted by Crippen LogP contribution is -2.18. The summed E-state index contributed by atoms with van der Waals surface area (Å²) in [5, 5.41) is 19.5. The van der Waals surface area contributed by atoms with Crippen molar-refractivity contribution < 1.29 is 14.7 Å². The van der Waals surface area contributed by atoms with Crippen molar-refractivity contribution in [3.8, 4) is 0 Å². The minimum absolute atomic E-state index is 0.145. The highest BCUT2D eigenvalue weighted by atomic mass is 16.4. The predicted octanol–water partition coefficient (Wildman–Crippen LogP) is 1.69. The normalized spacial score (nSPS) is 10.2. The van der Waals surface area contributed by atoms with Gasteiger partial charge in [-0.2, -0.15) is 10.2 Å². The molecule has 0 spiro atoms. The van der Waals surface area contributed by atoms with Crippen LogP contribution in [0.2, 0.25) is 0 Å². The first kappa shape index (κ1) is 14.6. The highest BCUT2D eigenvalue weighted by Gasteiger charge is 2.17. The number of hydrogen-bond acceptors (Lipinski definition) is 5. The Bertz CT molecular complexity index is 700. The SMILES string of the molecule is CCc1nnc(C)cc1C(=O)Nc1cccnc1C(=O)O. The minimum atomic E-state index is -1.20. The Hall–Kier alpha value is -2.83. The van der Waals surface area contributed by atoms with Gasteiger partial charge in [-0.1, -0.05) is 6.92 Å². The lowest BCUT2D eigenvalue weighted by atomic mass is 10.1. The zero-order valence-electron chi connectivity index (χ0n) is 11.6. The Balaban J connectivity index is 2.35. The number of nitrogens with one attached hydrogen (secondary N) is 1. The van der Waals surface area contributed by atoms with Crippen LogP contribution in [0.25, 0.3) is 0 Å². The molecule has 0 radical (unpaired) electrons. The zero-order valence-corrected chi connectivity index (χ0v) is 11.6. The van der Waals surface area contributed by atoms with Crippen molar-refractivity contribution in [2.24, 2.45) is 0 Å². The second-order valence-electron chi connectivity index (χ2n) is 4.36. The van der Waals surface area contributed by atoms with Crippen LogP contribution in [0.3, 0.4) is 0 Å². The van der Waals surface area contributed by atoms with Gasteiger partial charge in [0.05, 0.1) is 22.6 Å². The number of carboxylic acids is 1. The third kappa shape index (κ3) is 3.19. The number of rotatable bonds is 4. The van der Waals surface area contributed by atoms with Crippen molar-refractivity contribution in [2.75, 3.05) is 5.32 Å². The Labute approximate surface area is 121 Å². The summed E-state index contributed by atoms with van der Waals surface area (Å²) in [6.45, 7) is 3.60. The molecule has 7 heteroatoms. The van der Waals surface area contributed by atoms with Gasteiger partial charge in [-0.05, 0) is 31.5 Å². The van der Waals surface area contributed by atoms with Crippen molar-refractivity contribution in [3.63, 3.8) is 0 Å². The van der Waals surface area contributed by atoms with Crippen molar-refractivity contribution in [2.45, 2.75) is 20.3 Å². The number of anilines is 1. The van der Waals surface area contributed by atoms with E-state index < -0.39 is 11.9 Å². The lowest BCUT2D eigenvalue weighted by Gasteiger charge is -2.10. The van der Waals surface area contributed by atoms with Gasteiger partial charge in [-0.15, -0.1) is 0 Å². The molecule has 0 aromatic carbocycles. The molecular formula is C14H14N4O3. The van der Waals surface area contributed by atoms with E-state index in [4.69, 9.17) is 5.11 Å². The van der Waals surface area contributed by atoms with E-state index in [0.29, 0.717) is 23.4 Å². The summed E-state index contributed by atoms with van der Waals surface area (Å²) in [5.41, 5.74) is 1.49. The second kappa shape index (κ2) is 6.08. The number of pyridine rings is 1. The first-order chi connectivity index (χ1) is 10.0. The fraction of sp³-hybridized carbons (Fsp3) is 0.214. The monoisotopic (exact) mass is 286 g/mol. The van der Waals surface area contributed by atoms with Crippen molar-refractivity contribution in [1.82, 2.24) is 15.2 Å². The van der Waals surface area contributed by atoms with Gasteiger partial charge < -0.3 is 10.4 Å². The Morgan fingerprint density at radius 1 is 1.33 bits per heavy atom. The molecule has 1 amide bonds. The van der Waals surface area contributed by atoms with Crippen molar-refractivity contribution in [3.05, 3.63) is 47.0 Å². The van der Waals surface area contributed by atoms with E-state index in [1.54, 1.807) is 19.1 Å². The van der Waals surface area contributed by atoms with Crippen LogP contribution in [0.1, 0.15) is 39.2 Å². The van der Waals surface area contributed by atoms with Gasteiger partial charge in [0.15, 0.2) is 5.69 Å². The zero-order chi connectivity index (χ0) is 15.4. The quantitative estimate of drug-likeness (QED) is 0.886. The summed E-state index contributed by atoms with van der Waals surface area (Å²) in [7, 11) is 0. The highest BCUT2D eigenvalue weighted by Crippen LogP contribution is 2.15. The van der Waals surface area contributed by atoms with E-state index in [0.717, 1.165) is 0 Å². The molecule has 0 atom stereocenters. The molecule has 0 bridgehead atoms. The van der Waals surface area contributed by atoms with Crippen LogP contribution in [0.15, 0.2) is 24.4 Å². The first-order valence-corrected chi connectivity index (χ1v) is 6.35. The van der Waals surface area contributed by atoms with Gasteiger partial charge in [0.2, 0.25) is 0 Å². The van der Waals surface area contributed by atoms with Gasteiger partial charge in [0.25, 0.3) is 5.91 Å². The van der Waals surface area contributed by atoms with Crippen LogP contribution >= 0.6 is 0 Å². The van der Waals surface area contributed by atoms with Crippen LogP contribution in [-0.4, -0.2) is 32.2 Å². The number of aromatic carboxylic acids is 1. The molecule has 21 heavy (non-hydrogen) atoms. The van der Waals surface area contributed by atoms with Gasteiger partial charge in [0, 0.05) is 6.20 Å². The molecule has 2 aromatic heterocycles. The number of hydrogen-bond donors (Lipinski definition) is 2. The number of carbonyl (C=O) groups excluding carboxylic acids is 1. The molecule has 0 saturated heterocycles. The molecule has 2 heterocycles. The molecular weight excluding hydrogens is 272 g/mol. The third-order valence-corrected chi connectivity index (χ3v) is 2.83. The topological polar surface area (TPSA) is 105 Å². The Morgan fingerprint density at radius 3 is 2.76 bits per heavy atom. The summed E-state index contributed by atoms with van der Waals surface area (Å²) >= 11 is 0. The molecule has 0 saturated carbocycles. The standard InChI is InChI=1S/C14H14N4O3/c1-3-10-9(7-8(2)17-18-10)13(19)16-11-5-4-6-15-12(11)14(20)21/h4-7H,3H2,1-2H3,(H,16,19)(H,20,21). The number of carboxylic acid groups (broad SMARTS) is 1. The molecule has 7 nitrogen and oxygen atoms in total. The average Bonchev–Trinajstić information content (AvgIpc) is 2.47. The molecule has 2 aromatic rings. The summed E-state index contributed by atoms with van der Waals surface area (Å²) in [4.78, 5) is 27.1. The molecule has 0 fully saturated rings. The average molecular weight is 286 g/mol. The fourth-order valence-electron chi connectivity index (χ4n) is 1.84. The number of amides is 1. The van der Waals surface area contributed by atoms with E-state index in [2.05, 4.69) is 20.5 Å². The van der Waals surface area contributed by atoms with Crippen LogP contribution in [0.5, 0.6) is 0 Å². The summed E-state index contributed by atoms with van der Waals surface area (Å²) in [6, 6.07) is 4.66. The maximum absolute atomic E-state index is 12.3. The van der Waals surface area contributed by atoms with Crippen LogP contribution in [-0.2, 0) is 6.42 Å². The first-order valence-electron chi connectivity index (χ1n) is 6.35. The summed E-state index contributed by atoms with van der Waals surface area (Å²) in [6.07, 6.45) is 1.91. The minimum Gasteiger partial charge on any atom is -0.476 e. The summed E-state index contributed by atoms with van der Waals surface area (Å²) < 4.78 is 0. The highest BCUT2D eigenvalue weighted by molar-refractivity contribution is 6.07. The van der Waals surface area contributed by atoms with Crippen LogP contribution in [0.4, 0.5) is 5.69 Å². The Kier molecular flexibility index (Phi) is 4.22. The van der Waals surface area contributed by atoms with E-state index in [9.17, 15) is 9.59 Å². The molecule has 0 aliphatic heterocycles. The van der Waals surface area contributed by atoms with Gasteiger partial charge in [-0.25, -0.2) is 9.78 Å². The number of carbonyl (C=O) groups is 2. The smallest absolute Gasteiger partial charge is 0.356 e. The van der Waals surface area contributed by atoms with E-state index in [1.165, 1.54) is 12.3 Å². The predicted molar refractivity (Wildman–Crippen MR) is 75.3 cm³/mol. The third-order valence-electron chi connectivity index (χ3n) is 2.83. The molecule has 2 rings (SSSR count). The summed E-state index contributed by atoms with van der Waals surface area (Å²) in [5.74, 6) is -1.63. The molecule has 108 valence electrons. The molecule has 0 aliphatic carbocycles. The molecule has 0 aliphatic rings. The molecule has 2 N–H and O–H groups in total. The van der Waals surface area contributed by atoms with Crippen molar-refractivity contribution >= 4 is 17.6 Å². The van der Waals surface area contributed by atoms with Crippen LogP contribution in [0, 0.1) is 6.92 Å². The maximum Gasteiger partial charge on any atom is 0.356 e. The number of nitrogens with zero attached hydrogens (tertiary/aromatic N) is 3. The van der Waals surface area contributed by atoms with Gasteiger partial charge >= 0.3 is 5.97 Å². The van der Waals surface area contributed by atoms with E-state index in [1.807, 2.05) is 6.92 Å². The second-order valence-corrected chi connectivity index (χ2v) is 4.36. The van der Waals surface area contributed by atoms with Gasteiger partial charge in [0.1, 0.15) is 0 Å². The van der Waals surface area contributed by atoms with Crippen molar-refractivity contribution in [1.29, 1.82) is 0 Å². The number of aryl methyl sites for hydroxylation is 2. The molecule has 0 unspecified atom stereocenters. The lowest BCUT2D eigenvalue weighted by molar-refractivity contribution is 0.0691. The fourth-order valence-corrected chi connectivity index (χ4v) is 1.84. The van der Waals surface area contributed by atoms with Gasteiger partial charge in [-0.3, -0.25) is 4.79 Å². The van der Waals surface area contributed by atoms with E-state index in [-0.39, 0.29) is 11.4 Å². The largest absolute Gasteiger partial charge is 0.476 e.